The Kier molecular flexibility index (Phi) is 5.50. The van der Waals surface area contributed by atoms with Crippen LogP contribution in [-0.4, -0.2) is 20.6 Å². The number of nitro benzene ring substituents is 1. The molecule has 1 saturated carbocycles. The molecule has 1 aliphatic carbocycles. The molecule has 1 N–H and O–H groups in total. The minimum atomic E-state index is -0.633. The molecule has 9 heteroatoms. The number of nitrogens with one attached hydrogen (secondary N) is 1. The van der Waals surface area contributed by atoms with Gasteiger partial charge in [0.2, 0.25) is 0 Å². The van der Waals surface area contributed by atoms with E-state index in [-0.39, 0.29) is 34.4 Å². The molecule has 30 heavy (non-hydrogen) atoms. The number of carbonyl (C=O) groups excluding carboxylic acids is 1. The average molecular weight is 427 g/mol. The van der Waals surface area contributed by atoms with Crippen molar-refractivity contribution in [1.82, 2.24) is 15.1 Å². The zero-order valence-electron chi connectivity index (χ0n) is 16.0. The monoisotopic (exact) mass is 426 g/mol. The van der Waals surface area contributed by atoms with Crippen molar-refractivity contribution < 1.29 is 9.72 Å². The summed E-state index contributed by atoms with van der Waals surface area (Å²) in [5, 5.41) is 19.6. The number of hydrogen-bond acceptors (Lipinski definition) is 5. The predicted molar refractivity (Wildman–Crippen MR) is 113 cm³/mol. The van der Waals surface area contributed by atoms with Crippen LogP contribution in [0.3, 0.4) is 0 Å². The van der Waals surface area contributed by atoms with E-state index in [9.17, 15) is 19.7 Å². The SMILES string of the molecule is O=C(NCc1nn(C2CCCC2)c(=O)c2ccccc12)c1ccc(Cl)c([N+](=O)[O-])c1. The number of carbonyl (C=O) groups is 1. The van der Waals surface area contributed by atoms with Gasteiger partial charge in [-0.25, -0.2) is 4.68 Å². The summed E-state index contributed by atoms with van der Waals surface area (Å²) < 4.78 is 1.55. The Hall–Kier alpha value is -3.26. The van der Waals surface area contributed by atoms with Gasteiger partial charge in [-0.1, -0.05) is 42.6 Å². The van der Waals surface area contributed by atoms with Crippen LogP contribution in [-0.2, 0) is 6.54 Å². The van der Waals surface area contributed by atoms with Gasteiger partial charge in [0.15, 0.2) is 0 Å². The summed E-state index contributed by atoms with van der Waals surface area (Å²) in [6, 6.07) is 11.1. The van der Waals surface area contributed by atoms with Gasteiger partial charge >= 0.3 is 0 Å². The molecule has 1 aromatic heterocycles. The zero-order chi connectivity index (χ0) is 21.3. The number of nitro groups is 1. The zero-order valence-corrected chi connectivity index (χ0v) is 16.8. The standard InChI is InChI=1S/C21H19ClN4O4/c22-17-10-9-13(11-19(17)26(29)30)20(27)23-12-18-15-7-3-4-8-16(15)21(28)25(24-18)14-5-1-2-6-14/h3-4,7-11,14H,1-2,5-6,12H2,(H,23,27). The summed E-state index contributed by atoms with van der Waals surface area (Å²) in [4.78, 5) is 35.9. The molecule has 0 atom stereocenters. The molecule has 0 saturated heterocycles. The van der Waals surface area contributed by atoms with Crippen molar-refractivity contribution in [3.63, 3.8) is 0 Å². The minimum Gasteiger partial charge on any atom is -0.346 e. The first kappa shape index (κ1) is 20.0. The quantitative estimate of drug-likeness (QED) is 0.490. The van der Waals surface area contributed by atoms with Gasteiger partial charge < -0.3 is 5.32 Å². The summed E-state index contributed by atoms with van der Waals surface area (Å²) in [5.41, 5.74) is 0.247. The van der Waals surface area contributed by atoms with Crippen LogP contribution >= 0.6 is 11.6 Å². The number of aromatic nitrogens is 2. The summed E-state index contributed by atoms with van der Waals surface area (Å²) in [5.74, 6) is -0.487. The molecule has 0 aliphatic heterocycles. The fourth-order valence-electron chi connectivity index (χ4n) is 3.86. The van der Waals surface area contributed by atoms with E-state index < -0.39 is 10.8 Å². The molecule has 1 aliphatic rings. The first-order valence-corrected chi connectivity index (χ1v) is 10.1. The van der Waals surface area contributed by atoms with E-state index in [1.807, 2.05) is 6.07 Å². The fraction of sp³-hybridized carbons (Fsp3) is 0.286. The van der Waals surface area contributed by atoms with E-state index in [1.165, 1.54) is 12.1 Å². The van der Waals surface area contributed by atoms with Gasteiger partial charge in [-0.3, -0.25) is 19.7 Å². The van der Waals surface area contributed by atoms with Gasteiger partial charge in [-0.05, 0) is 31.0 Å². The Labute approximate surface area is 176 Å². The molecule has 0 bridgehead atoms. The van der Waals surface area contributed by atoms with Crippen LogP contribution in [0.1, 0.15) is 47.8 Å². The number of benzene rings is 2. The second kappa shape index (κ2) is 8.23. The van der Waals surface area contributed by atoms with Crippen molar-refractivity contribution in [2.24, 2.45) is 0 Å². The molecule has 0 radical (unpaired) electrons. The maximum absolute atomic E-state index is 12.9. The highest BCUT2D eigenvalue weighted by molar-refractivity contribution is 6.32. The Morgan fingerprint density at radius 3 is 2.60 bits per heavy atom. The van der Waals surface area contributed by atoms with E-state index in [0.29, 0.717) is 16.5 Å². The summed E-state index contributed by atoms with van der Waals surface area (Å²) in [6.07, 6.45) is 3.94. The number of rotatable bonds is 5. The second-order valence-corrected chi connectivity index (χ2v) is 7.69. The van der Waals surface area contributed by atoms with Gasteiger partial charge in [0.1, 0.15) is 5.02 Å². The Morgan fingerprint density at radius 2 is 1.90 bits per heavy atom. The second-order valence-electron chi connectivity index (χ2n) is 7.29. The highest BCUT2D eigenvalue weighted by Crippen LogP contribution is 2.28. The molecular weight excluding hydrogens is 408 g/mol. The third-order valence-corrected chi connectivity index (χ3v) is 5.72. The fourth-order valence-corrected chi connectivity index (χ4v) is 4.05. The van der Waals surface area contributed by atoms with Crippen LogP contribution in [0.5, 0.6) is 0 Å². The third-order valence-electron chi connectivity index (χ3n) is 5.40. The Balaban J connectivity index is 1.65. The van der Waals surface area contributed by atoms with Crippen LogP contribution in [0.15, 0.2) is 47.3 Å². The Morgan fingerprint density at radius 1 is 1.20 bits per heavy atom. The molecule has 1 fully saturated rings. The molecule has 4 rings (SSSR count). The Bertz CT molecular complexity index is 1200. The van der Waals surface area contributed by atoms with Crippen LogP contribution in [0, 0.1) is 10.1 Å². The first-order valence-electron chi connectivity index (χ1n) is 9.68. The maximum atomic E-state index is 12.9. The van der Waals surface area contributed by atoms with Crippen molar-refractivity contribution in [2.75, 3.05) is 0 Å². The van der Waals surface area contributed by atoms with E-state index in [2.05, 4.69) is 10.4 Å². The van der Waals surface area contributed by atoms with Gasteiger partial charge in [0.25, 0.3) is 17.2 Å². The van der Waals surface area contributed by atoms with E-state index in [4.69, 9.17) is 11.6 Å². The summed E-state index contributed by atoms with van der Waals surface area (Å²) in [6.45, 7) is 0.0861. The molecule has 3 aromatic rings. The normalized spacial score (nSPS) is 14.2. The summed E-state index contributed by atoms with van der Waals surface area (Å²) >= 11 is 5.81. The van der Waals surface area contributed by atoms with E-state index >= 15 is 0 Å². The highest BCUT2D eigenvalue weighted by atomic mass is 35.5. The lowest BCUT2D eigenvalue weighted by atomic mass is 10.1. The molecule has 8 nitrogen and oxygen atoms in total. The average Bonchev–Trinajstić information content (AvgIpc) is 3.28. The molecule has 0 unspecified atom stereocenters. The van der Waals surface area contributed by atoms with Crippen molar-refractivity contribution >= 4 is 34.0 Å². The third kappa shape index (κ3) is 3.78. The maximum Gasteiger partial charge on any atom is 0.288 e. The van der Waals surface area contributed by atoms with Crippen LogP contribution < -0.4 is 10.9 Å². The highest BCUT2D eigenvalue weighted by Gasteiger charge is 2.22. The minimum absolute atomic E-state index is 0.0344. The topological polar surface area (TPSA) is 107 Å². The largest absolute Gasteiger partial charge is 0.346 e. The van der Waals surface area contributed by atoms with Gasteiger partial charge in [-0.15, -0.1) is 0 Å². The first-order chi connectivity index (χ1) is 14.5. The van der Waals surface area contributed by atoms with Crippen molar-refractivity contribution in [1.29, 1.82) is 0 Å². The molecule has 2 aromatic carbocycles. The van der Waals surface area contributed by atoms with Crippen LogP contribution in [0.4, 0.5) is 5.69 Å². The number of nitrogens with zero attached hydrogens (tertiary/aromatic N) is 3. The van der Waals surface area contributed by atoms with Crippen molar-refractivity contribution in [3.8, 4) is 0 Å². The lowest BCUT2D eigenvalue weighted by Gasteiger charge is -2.16. The molecule has 154 valence electrons. The van der Waals surface area contributed by atoms with Crippen molar-refractivity contribution in [2.45, 2.75) is 38.3 Å². The van der Waals surface area contributed by atoms with Gasteiger partial charge in [0, 0.05) is 17.0 Å². The number of hydrogen-bond donors (Lipinski definition) is 1. The van der Waals surface area contributed by atoms with Gasteiger partial charge in [-0.2, -0.15) is 5.10 Å². The van der Waals surface area contributed by atoms with E-state index in [0.717, 1.165) is 31.7 Å². The van der Waals surface area contributed by atoms with Crippen molar-refractivity contribution in [3.05, 3.63) is 79.2 Å². The van der Waals surface area contributed by atoms with E-state index in [1.54, 1.807) is 22.9 Å². The predicted octanol–water partition coefficient (Wildman–Crippen LogP) is 4.00. The van der Waals surface area contributed by atoms with Crippen LogP contribution in [0.25, 0.3) is 10.8 Å². The molecular formula is C21H19ClN4O4. The molecule has 1 heterocycles. The van der Waals surface area contributed by atoms with Crippen LogP contribution in [0.2, 0.25) is 5.02 Å². The lowest BCUT2D eigenvalue weighted by Crippen LogP contribution is -2.30. The lowest BCUT2D eigenvalue weighted by molar-refractivity contribution is -0.384. The van der Waals surface area contributed by atoms with Gasteiger partial charge in [0.05, 0.1) is 28.6 Å². The molecule has 0 spiro atoms. The summed E-state index contributed by atoms with van der Waals surface area (Å²) in [7, 11) is 0. The smallest absolute Gasteiger partial charge is 0.288 e. The number of halogens is 1. The number of amides is 1. The molecule has 1 amide bonds. The number of fused-ring (bicyclic) bond motifs is 1.